The molecule has 0 saturated carbocycles. The summed E-state index contributed by atoms with van der Waals surface area (Å²) in [4.78, 5) is 60.9. The first-order valence-electron chi connectivity index (χ1n) is 9.46. The summed E-state index contributed by atoms with van der Waals surface area (Å²) < 4.78 is 10.6. The smallest absolute Gasteiger partial charge is 0.303 e. The fourth-order valence-electron chi connectivity index (χ4n) is 2.42. The van der Waals surface area contributed by atoms with Gasteiger partial charge in [-0.3, -0.25) is 24.0 Å². The number of carbonyl (C=O) groups excluding carboxylic acids is 5. The molecule has 2 atom stereocenters. The normalized spacial score (nSPS) is 12.2. The maximum Gasteiger partial charge on any atom is 0.303 e. The molecule has 5 N–H and O–H groups in total. The molecule has 3 amide bonds. The zero-order valence-corrected chi connectivity index (χ0v) is 24.6. The summed E-state index contributed by atoms with van der Waals surface area (Å²) in [7, 11) is 1.40. The van der Waals surface area contributed by atoms with E-state index in [0.29, 0.717) is 3.57 Å². The SMILES string of the molecule is CNC(=O)c1c(I)c(NC(=O)C(COC(C)=O)OC(C)=O)c(I)c(C(=O)NCC(O)CO)c1I. The van der Waals surface area contributed by atoms with Crippen molar-refractivity contribution in [2.45, 2.75) is 26.1 Å². The van der Waals surface area contributed by atoms with Crippen molar-refractivity contribution in [3.8, 4) is 0 Å². The van der Waals surface area contributed by atoms with Gasteiger partial charge in [-0.1, -0.05) is 0 Å². The van der Waals surface area contributed by atoms with Crippen LogP contribution in [0.15, 0.2) is 0 Å². The summed E-state index contributed by atoms with van der Waals surface area (Å²) in [6.45, 7) is 0.863. The van der Waals surface area contributed by atoms with Crippen molar-refractivity contribution in [1.29, 1.82) is 0 Å². The average molecular weight is 817 g/mol. The van der Waals surface area contributed by atoms with E-state index in [1.807, 2.05) is 67.8 Å². The largest absolute Gasteiger partial charge is 0.461 e. The van der Waals surface area contributed by atoms with E-state index in [-0.39, 0.29) is 30.5 Å². The molecule has 0 fully saturated rings. The van der Waals surface area contributed by atoms with Crippen molar-refractivity contribution in [3.05, 3.63) is 21.8 Å². The van der Waals surface area contributed by atoms with Crippen molar-refractivity contribution in [3.63, 3.8) is 0 Å². The van der Waals surface area contributed by atoms with Crippen molar-refractivity contribution in [2.24, 2.45) is 0 Å². The fourth-order valence-corrected chi connectivity index (χ4v) is 6.84. The number of carbonyl (C=O) groups is 5. The van der Waals surface area contributed by atoms with E-state index in [1.54, 1.807) is 0 Å². The number of ether oxygens (including phenoxy) is 2. The van der Waals surface area contributed by atoms with Crippen LogP contribution in [0.3, 0.4) is 0 Å². The first-order valence-corrected chi connectivity index (χ1v) is 12.7. The number of esters is 2. The third kappa shape index (κ3) is 8.41. The molecule has 0 aliphatic heterocycles. The second-order valence-electron chi connectivity index (χ2n) is 6.58. The lowest BCUT2D eigenvalue weighted by molar-refractivity contribution is -0.160. The van der Waals surface area contributed by atoms with Crippen LogP contribution in [0.1, 0.15) is 34.6 Å². The molecule has 0 aliphatic rings. The molecule has 0 heterocycles. The highest BCUT2D eigenvalue weighted by Crippen LogP contribution is 2.36. The molecule has 1 aromatic rings. The molecular formula is C19H22I3N3O9. The molecular weight excluding hydrogens is 795 g/mol. The van der Waals surface area contributed by atoms with Crippen molar-refractivity contribution in [2.75, 3.05) is 32.1 Å². The quantitative estimate of drug-likeness (QED) is 0.165. The van der Waals surface area contributed by atoms with Crippen LogP contribution in [-0.2, 0) is 23.9 Å². The van der Waals surface area contributed by atoms with E-state index in [9.17, 15) is 29.1 Å². The third-order valence-electron chi connectivity index (χ3n) is 3.99. The van der Waals surface area contributed by atoms with Crippen LogP contribution in [-0.4, -0.2) is 78.9 Å². The Morgan fingerprint density at radius 3 is 1.97 bits per heavy atom. The maximum atomic E-state index is 12.9. The fraction of sp³-hybridized carbons (Fsp3) is 0.421. The number of nitrogens with one attached hydrogen (secondary N) is 3. The number of halogens is 3. The van der Waals surface area contributed by atoms with Crippen LogP contribution < -0.4 is 16.0 Å². The van der Waals surface area contributed by atoms with E-state index < -0.39 is 55.1 Å². The van der Waals surface area contributed by atoms with Gasteiger partial charge in [-0.05, 0) is 67.8 Å². The standard InChI is InChI=1S/C19H22I3N3O9/c1-7(27)33-6-10(34-8(2)28)17(30)25-16-14(21)11(18(31)23-3)13(20)12(15(16)22)19(32)24-4-9(29)5-26/h9-10,26,29H,4-6H2,1-3H3,(H,23,31)(H,24,32)(H,25,30). The number of rotatable bonds is 10. The summed E-state index contributed by atoms with van der Waals surface area (Å²) in [6.07, 6.45) is -2.67. The van der Waals surface area contributed by atoms with Crippen LogP contribution in [0.2, 0.25) is 0 Å². The van der Waals surface area contributed by atoms with Crippen LogP contribution >= 0.6 is 67.8 Å². The van der Waals surface area contributed by atoms with Gasteiger partial charge in [-0.25, -0.2) is 0 Å². The lowest BCUT2D eigenvalue weighted by Crippen LogP contribution is -2.38. The number of anilines is 1. The Morgan fingerprint density at radius 2 is 1.50 bits per heavy atom. The van der Waals surface area contributed by atoms with Crippen LogP contribution in [0, 0.1) is 10.7 Å². The second-order valence-corrected chi connectivity index (χ2v) is 9.82. The monoisotopic (exact) mass is 817 g/mol. The van der Waals surface area contributed by atoms with E-state index in [2.05, 4.69) is 16.0 Å². The molecule has 0 spiro atoms. The average Bonchev–Trinajstić information content (AvgIpc) is 2.76. The molecule has 34 heavy (non-hydrogen) atoms. The predicted molar refractivity (Wildman–Crippen MR) is 144 cm³/mol. The number of aliphatic hydroxyl groups excluding tert-OH is 2. The molecule has 15 heteroatoms. The Bertz CT molecular complexity index is 988. The Kier molecular flexibility index (Phi) is 12.9. The van der Waals surface area contributed by atoms with Crippen molar-refractivity contribution < 1.29 is 43.7 Å². The zero-order chi connectivity index (χ0) is 26.2. The molecule has 12 nitrogen and oxygen atoms in total. The number of aliphatic hydroxyl groups is 2. The van der Waals surface area contributed by atoms with Gasteiger partial charge in [0.1, 0.15) is 6.61 Å². The molecule has 0 bridgehead atoms. The zero-order valence-electron chi connectivity index (χ0n) is 18.2. The molecule has 1 rings (SSSR count). The van der Waals surface area contributed by atoms with Crippen LogP contribution in [0.25, 0.3) is 0 Å². The van der Waals surface area contributed by atoms with Gasteiger partial charge < -0.3 is 35.6 Å². The number of hydrogen-bond donors (Lipinski definition) is 5. The van der Waals surface area contributed by atoms with Gasteiger partial charge in [0.2, 0.25) is 6.10 Å². The summed E-state index contributed by atoms with van der Waals surface area (Å²) in [5, 5.41) is 26.0. The summed E-state index contributed by atoms with van der Waals surface area (Å²) in [6, 6.07) is 0. The van der Waals surface area contributed by atoms with E-state index in [0.717, 1.165) is 13.8 Å². The maximum absolute atomic E-state index is 12.9. The first-order chi connectivity index (χ1) is 15.8. The Morgan fingerprint density at radius 1 is 0.941 bits per heavy atom. The molecule has 188 valence electrons. The van der Waals surface area contributed by atoms with Gasteiger partial charge >= 0.3 is 11.9 Å². The summed E-state index contributed by atoms with van der Waals surface area (Å²) in [5.41, 5.74) is 0.249. The van der Waals surface area contributed by atoms with Crippen molar-refractivity contribution >= 4 is 103 Å². The molecule has 0 aliphatic carbocycles. The van der Waals surface area contributed by atoms with E-state index >= 15 is 0 Å². The lowest BCUT2D eigenvalue weighted by Gasteiger charge is -2.21. The highest BCUT2D eigenvalue weighted by Gasteiger charge is 2.31. The predicted octanol–water partition coefficient (Wildman–Crippen LogP) is 0.376. The first kappa shape index (κ1) is 30.7. The summed E-state index contributed by atoms with van der Waals surface area (Å²) in [5.74, 6) is -3.50. The highest BCUT2D eigenvalue weighted by molar-refractivity contribution is 14.1. The highest BCUT2D eigenvalue weighted by atomic mass is 127. The number of hydrogen-bond acceptors (Lipinski definition) is 9. The Hall–Kier alpha value is -1.32. The van der Waals surface area contributed by atoms with E-state index in [1.165, 1.54) is 7.05 Å². The minimum Gasteiger partial charge on any atom is -0.461 e. The molecule has 2 unspecified atom stereocenters. The van der Waals surface area contributed by atoms with Crippen molar-refractivity contribution in [1.82, 2.24) is 10.6 Å². The number of amides is 3. The lowest BCUT2D eigenvalue weighted by atomic mass is 10.1. The van der Waals surface area contributed by atoms with Gasteiger partial charge in [0.05, 0.1) is 36.7 Å². The second kappa shape index (κ2) is 14.3. The molecule has 0 saturated heterocycles. The topological polar surface area (TPSA) is 180 Å². The van der Waals surface area contributed by atoms with Crippen LogP contribution in [0.4, 0.5) is 5.69 Å². The van der Waals surface area contributed by atoms with Gasteiger partial charge in [-0.2, -0.15) is 0 Å². The Balaban J connectivity index is 3.52. The van der Waals surface area contributed by atoms with Gasteiger partial charge in [0.15, 0.2) is 0 Å². The third-order valence-corrected chi connectivity index (χ3v) is 7.23. The molecule has 0 aromatic heterocycles. The van der Waals surface area contributed by atoms with Gasteiger partial charge in [-0.15, -0.1) is 0 Å². The minimum absolute atomic E-state index is 0.0460. The minimum atomic E-state index is -1.48. The number of benzene rings is 1. The van der Waals surface area contributed by atoms with Crippen LogP contribution in [0.5, 0.6) is 0 Å². The summed E-state index contributed by atoms with van der Waals surface area (Å²) >= 11 is 5.49. The Labute approximate surface area is 235 Å². The molecule has 1 aromatic carbocycles. The van der Waals surface area contributed by atoms with Gasteiger partial charge in [0, 0.05) is 31.0 Å². The van der Waals surface area contributed by atoms with E-state index in [4.69, 9.17) is 14.6 Å². The molecule has 0 radical (unpaired) electrons. The van der Waals surface area contributed by atoms with Gasteiger partial charge in [0.25, 0.3) is 17.7 Å².